The molecule has 0 saturated carbocycles. The summed E-state index contributed by atoms with van der Waals surface area (Å²) >= 11 is 0. The van der Waals surface area contributed by atoms with Crippen LogP contribution >= 0.6 is 0 Å². The van der Waals surface area contributed by atoms with Gasteiger partial charge in [-0.25, -0.2) is 0 Å². The van der Waals surface area contributed by atoms with Crippen molar-refractivity contribution in [1.29, 1.82) is 0 Å². The zero-order valence-electron chi connectivity index (χ0n) is 6.70. The maximum absolute atomic E-state index is 9.18. The molecule has 2 atom stereocenters. The lowest BCUT2D eigenvalue weighted by atomic mass is 10.0. The quantitative estimate of drug-likeness (QED) is 0.545. The molecule has 2 saturated heterocycles. The number of rotatable bonds is 0. The number of nitrogens with zero attached hydrogens (tertiary/aromatic N) is 1. The van der Waals surface area contributed by atoms with E-state index in [0.29, 0.717) is 12.6 Å². The van der Waals surface area contributed by atoms with Crippen molar-refractivity contribution in [2.75, 3.05) is 19.7 Å². The fourth-order valence-electron chi connectivity index (χ4n) is 1.96. The van der Waals surface area contributed by atoms with E-state index in [0.717, 1.165) is 13.2 Å². The molecule has 0 aromatic heterocycles. The number of hydrogen-bond donors (Lipinski definition) is 1. The summed E-state index contributed by atoms with van der Waals surface area (Å²) in [6.07, 6.45) is 3.31. The van der Waals surface area contributed by atoms with Gasteiger partial charge in [0, 0.05) is 12.6 Å². The standard InChI is InChI=1S/C8H15NO2/c10-8-5-9-4-2-1-3-7(9)6-11-8/h7-8,10H,1-6H2. The highest BCUT2D eigenvalue weighted by atomic mass is 16.6. The third-order valence-corrected chi connectivity index (χ3v) is 2.62. The Balaban J connectivity index is 1.93. The van der Waals surface area contributed by atoms with E-state index in [9.17, 15) is 5.11 Å². The number of ether oxygens (including phenoxy) is 1. The predicted molar refractivity (Wildman–Crippen MR) is 41.2 cm³/mol. The predicted octanol–water partition coefficient (Wildman–Crippen LogP) is 0.189. The highest BCUT2D eigenvalue weighted by Gasteiger charge is 2.29. The van der Waals surface area contributed by atoms with Gasteiger partial charge in [0.05, 0.1) is 6.61 Å². The molecule has 2 aliphatic heterocycles. The van der Waals surface area contributed by atoms with E-state index in [4.69, 9.17) is 4.74 Å². The second kappa shape index (κ2) is 3.09. The van der Waals surface area contributed by atoms with E-state index in [1.165, 1.54) is 19.3 Å². The number of hydrogen-bond acceptors (Lipinski definition) is 3. The molecule has 0 aromatic rings. The lowest BCUT2D eigenvalue weighted by Gasteiger charge is -2.40. The van der Waals surface area contributed by atoms with Crippen LogP contribution in [-0.2, 0) is 4.74 Å². The Bertz CT molecular complexity index is 140. The van der Waals surface area contributed by atoms with Crippen LogP contribution < -0.4 is 0 Å². The van der Waals surface area contributed by atoms with Crippen molar-refractivity contribution < 1.29 is 9.84 Å². The van der Waals surface area contributed by atoms with Gasteiger partial charge in [-0.3, -0.25) is 4.90 Å². The van der Waals surface area contributed by atoms with Crippen LogP contribution in [0.5, 0.6) is 0 Å². The first-order chi connectivity index (χ1) is 5.36. The number of morpholine rings is 1. The molecule has 0 spiro atoms. The molecule has 2 heterocycles. The summed E-state index contributed by atoms with van der Waals surface area (Å²) in [5.41, 5.74) is 0. The second-order valence-electron chi connectivity index (χ2n) is 3.43. The van der Waals surface area contributed by atoms with Gasteiger partial charge in [-0.1, -0.05) is 6.42 Å². The molecular formula is C8H15NO2. The fourth-order valence-corrected chi connectivity index (χ4v) is 1.96. The van der Waals surface area contributed by atoms with Crippen molar-refractivity contribution in [2.45, 2.75) is 31.6 Å². The number of aliphatic hydroxyl groups is 1. The number of piperidine rings is 1. The third-order valence-electron chi connectivity index (χ3n) is 2.62. The number of aliphatic hydroxyl groups excluding tert-OH is 1. The van der Waals surface area contributed by atoms with Gasteiger partial charge in [-0.2, -0.15) is 0 Å². The smallest absolute Gasteiger partial charge is 0.167 e. The van der Waals surface area contributed by atoms with Crippen LogP contribution in [0.15, 0.2) is 0 Å². The molecule has 11 heavy (non-hydrogen) atoms. The van der Waals surface area contributed by atoms with E-state index in [-0.39, 0.29) is 0 Å². The van der Waals surface area contributed by atoms with Gasteiger partial charge < -0.3 is 9.84 Å². The number of fused-ring (bicyclic) bond motifs is 1. The minimum absolute atomic E-state index is 0.538. The normalized spacial score (nSPS) is 40.1. The van der Waals surface area contributed by atoms with Gasteiger partial charge in [0.25, 0.3) is 0 Å². The zero-order chi connectivity index (χ0) is 7.68. The Morgan fingerprint density at radius 3 is 3.18 bits per heavy atom. The first-order valence-electron chi connectivity index (χ1n) is 4.40. The van der Waals surface area contributed by atoms with Crippen molar-refractivity contribution in [1.82, 2.24) is 4.90 Å². The Labute approximate surface area is 66.9 Å². The lowest BCUT2D eigenvalue weighted by Crippen LogP contribution is -2.51. The highest BCUT2D eigenvalue weighted by Crippen LogP contribution is 2.20. The molecule has 64 valence electrons. The lowest BCUT2D eigenvalue weighted by molar-refractivity contribution is -0.170. The van der Waals surface area contributed by atoms with Crippen LogP contribution in [-0.4, -0.2) is 42.0 Å². The van der Waals surface area contributed by atoms with E-state index in [2.05, 4.69) is 4.90 Å². The average Bonchev–Trinajstić information content (AvgIpc) is 2.04. The van der Waals surface area contributed by atoms with Crippen molar-refractivity contribution in [3.8, 4) is 0 Å². The van der Waals surface area contributed by atoms with Gasteiger partial charge >= 0.3 is 0 Å². The van der Waals surface area contributed by atoms with Gasteiger partial charge in [0.2, 0.25) is 0 Å². The third kappa shape index (κ3) is 1.55. The second-order valence-corrected chi connectivity index (χ2v) is 3.43. The topological polar surface area (TPSA) is 32.7 Å². The summed E-state index contributed by atoms with van der Waals surface area (Å²) in [5, 5.41) is 9.18. The Kier molecular flexibility index (Phi) is 2.11. The molecule has 3 heteroatoms. The van der Waals surface area contributed by atoms with Gasteiger partial charge in [-0.15, -0.1) is 0 Å². The fraction of sp³-hybridized carbons (Fsp3) is 1.00. The summed E-state index contributed by atoms with van der Waals surface area (Å²) in [6.45, 7) is 2.58. The molecule has 1 N–H and O–H groups in total. The molecular weight excluding hydrogens is 142 g/mol. The SMILES string of the molecule is OC1CN2CCCCC2CO1. The van der Waals surface area contributed by atoms with E-state index < -0.39 is 6.29 Å². The van der Waals surface area contributed by atoms with Crippen LogP contribution in [0, 0.1) is 0 Å². The Morgan fingerprint density at radius 2 is 2.27 bits per heavy atom. The summed E-state index contributed by atoms with van der Waals surface area (Å²) < 4.78 is 5.16. The molecule has 2 fully saturated rings. The maximum atomic E-state index is 9.18. The molecule has 2 unspecified atom stereocenters. The minimum Gasteiger partial charge on any atom is -0.367 e. The molecule has 2 rings (SSSR count). The zero-order valence-corrected chi connectivity index (χ0v) is 6.70. The van der Waals surface area contributed by atoms with Crippen LogP contribution in [0.4, 0.5) is 0 Å². The molecule has 0 aliphatic carbocycles. The van der Waals surface area contributed by atoms with Crippen molar-refractivity contribution >= 4 is 0 Å². The van der Waals surface area contributed by atoms with E-state index >= 15 is 0 Å². The largest absolute Gasteiger partial charge is 0.367 e. The summed E-state index contributed by atoms with van der Waals surface area (Å²) in [5.74, 6) is 0. The minimum atomic E-state index is -0.538. The Morgan fingerprint density at radius 1 is 1.36 bits per heavy atom. The van der Waals surface area contributed by atoms with Gasteiger partial charge in [0.15, 0.2) is 6.29 Å². The summed E-state index contributed by atoms with van der Waals surface area (Å²) in [4.78, 5) is 2.34. The van der Waals surface area contributed by atoms with Crippen LogP contribution in [0.1, 0.15) is 19.3 Å². The summed E-state index contributed by atoms with van der Waals surface area (Å²) in [7, 11) is 0. The van der Waals surface area contributed by atoms with Crippen LogP contribution in [0.25, 0.3) is 0 Å². The van der Waals surface area contributed by atoms with Crippen LogP contribution in [0.3, 0.4) is 0 Å². The van der Waals surface area contributed by atoms with Crippen LogP contribution in [0.2, 0.25) is 0 Å². The van der Waals surface area contributed by atoms with Gasteiger partial charge in [-0.05, 0) is 19.4 Å². The van der Waals surface area contributed by atoms with Gasteiger partial charge in [0.1, 0.15) is 0 Å². The highest BCUT2D eigenvalue weighted by molar-refractivity contribution is 4.80. The molecule has 2 aliphatic rings. The first-order valence-corrected chi connectivity index (χ1v) is 4.40. The summed E-state index contributed by atoms with van der Waals surface area (Å²) in [6, 6.07) is 0.590. The molecule has 0 amide bonds. The van der Waals surface area contributed by atoms with Crippen molar-refractivity contribution in [3.05, 3.63) is 0 Å². The van der Waals surface area contributed by atoms with E-state index in [1.807, 2.05) is 0 Å². The first kappa shape index (κ1) is 7.53. The molecule has 0 radical (unpaired) electrons. The molecule has 0 bridgehead atoms. The average molecular weight is 157 g/mol. The molecule has 0 aromatic carbocycles. The monoisotopic (exact) mass is 157 g/mol. The van der Waals surface area contributed by atoms with E-state index in [1.54, 1.807) is 0 Å². The molecule has 3 nitrogen and oxygen atoms in total. The van der Waals surface area contributed by atoms with Crippen molar-refractivity contribution in [2.24, 2.45) is 0 Å². The van der Waals surface area contributed by atoms with Crippen molar-refractivity contribution in [3.63, 3.8) is 0 Å². The Hall–Kier alpha value is -0.120. The maximum Gasteiger partial charge on any atom is 0.167 e.